The number of rotatable bonds is 7. The van der Waals surface area contributed by atoms with E-state index in [0.29, 0.717) is 13.1 Å². The Morgan fingerprint density at radius 2 is 2.09 bits per heavy atom. The van der Waals surface area contributed by atoms with Crippen molar-refractivity contribution in [3.63, 3.8) is 0 Å². The van der Waals surface area contributed by atoms with Gasteiger partial charge in [0.25, 0.3) is 5.91 Å². The number of carbonyl (C=O) groups is 1. The highest BCUT2D eigenvalue weighted by atomic mass is 32.1. The molecule has 2 aromatic rings. The van der Waals surface area contributed by atoms with Crippen LogP contribution in [0.2, 0.25) is 0 Å². The molecule has 0 aliphatic rings. The van der Waals surface area contributed by atoms with Crippen molar-refractivity contribution in [3.05, 3.63) is 64.9 Å². The molecule has 0 saturated carbocycles. The van der Waals surface area contributed by atoms with Crippen molar-refractivity contribution in [2.75, 3.05) is 6.54 Å². The number of halogens is 2. The zero-order chi connectivity index (χ0) is 15.9. The van der Waals surface area contributed by atoms with Gasteiger partial charge in [-0.15, -0.1) is 17.9 Å². The Balaban J connectivity index is 2.24. The zero-order valence-corrected chi connectivity index (χ0v) is 12.6. The van der Waals surface area contributed by atoms with Gasteiger partial charge in [0, 0.05) is 11.4 Å². The fourth-order valence-corrected chi connectivity index (χ4v) is 2.70. The molecule has 2 rings (SSSR count). The predicted octanol–water partition coefficient (Wildman–Crippen LogP) is 4.18. The largest absolute Gasteiger partial charge is 0.434 e. The minimum atomic E-state index is -2.97. The summed E-state index contributed by atoms with van der Waals surface area (Å²) in [7, 11) is 0. The molecule has 0 N–H and O–H groups in total. The van der Waals surface area contributed by atoms with Gasteiger partial charge in [-0.1, -0.05) is 24.3 Å². The average Bonchev–Trinajstić information content (AvgIpc) is 2.99. The highest BCUT2D eigenvalue weighted by Crippen LogP contribution is 2.23. The third kappa shape index (κ3) is 4.14. The highest BCUT2D eigenvalue weighted by Gasteiger charge is 2.20. The van der Waals surface area contributed by atoms with Crippen LogP contribution in [-0.4, -0.2) is 24.0 Å². The summed E-state index contributed by atoms with van der Waals surface area (Å²) in [6.07, 6.45) is 1.60. The molecule has 0 unspecified atom stereocenters. The number of thiophene rings is 1. The van der Waals surface area contributed by atoms with Crippen LogP contribution in [0.3, 0.4) is 0 Å². The van der Waals surface area contributed by atoms with Crippen LogP contribution in [0.25, 0.3) is 0 Å². The molecule has 1 heterocycles. The summed E-state index contributed by atoms with van der Waals surface area (Å²) in [5, 5.41) is 1.92. The molecule has 0 bridgehead atoms. The van der Waals surface area contributed by atoms with Crippen molar-refractivity contribution in [2.24, 2.45) is 0 Å². The first-order chi connectivity index (χ1) is 10.6. The smallest absolute Gasteiger partial charge is 0.387 e. The first-order valence-corrected chi connectivity index (χ1v) is 7.46. The van der Waals surface area contributed by atoms with E-state index in [1.165, 1.54) is 28.4 Å². The summed E-state index contributed by atoms with van der Waals surface area (Å²) >= 11 is 1.53. The molecular weight excluding hydrogens is 308 g/mol. The van der Waals surface area contributed by atoms with Gasteiger partial charge in [0.05, 0.1) is 12.1 Å². The minimum Gasteiger partial charge on any atom is -0.434 e. The normalized spacial score (nSPS) is 10.5. The lowest BCUT2D eigenvalue weighted by molar-refractivity contribution is -0.0502. The number of hydrogen-bond acceptors (Lipinski definition) is 3. The Morgan fingerprint density at radius 1 is 1.32 bits per heavy atom. The summed E-state index contributed by atoms with van der Waals surface area (Å²) < 4.78 is 29.3. The van der Waals surface area contributed by atoms with Crippen molar-refractivity contribution < 1.29 is 18.3 Å². The average molecular weight is 323 g/mol. The van der Waals surface area contributed by atoms with E-state index < -0.39 is 6.61 Å². The molecule has 0 spiro atoms. The minimum absolute atomic E-state index is 0.112. The monoisotopic (exact) mass is 323 g/mol. The standard InChI is InChI=1S/C16H15F2NO2S/c1-2-9-19(11-12-6-5-10-22-12)15(20)13-7-3-4-8-14(13)21-16(17)18/h2-8,10,16H,1,9,11H2. The summed E-state index contributed by atoms with van der Waals surface area (Å²) in [6, 6.07) is 9.80. The molecule has 22 heavy (non-hydrogen) atoms. The molecule has 0 aliphatic heterocycles. The fraction of sp³-hybridized carbons (Fsp3) is 0.188. The molecule has 3 nitrogen and oxygen atoms in total. The molecule has 0 saturated heterocycles. The van der Waals surface area contributed by atoms with Crippen molar-refractivity contribution in [1.29, 1.82) is 0 Å². The van der Waals surface area contributed by atoms with E-state index in [1.807, 2.05) is 17.5 Å². The topological polar surface area (TPSA) is 29.5 Å². The maximum Gasteiger partial charge on any atom is 0.387 e. The van der Waals surface area contributed by atoms with E-state index in [4.69, 9.17) is 0 Å². The van der Waals surface area contributed by atoms with E-state index >= 15 is 0 Å². The summed E-state index contributed by atoms with van der Waals surface area (Å²) in [5.74, 6) is -0.493. The van der Waals surface area contributed by atoms with Crippen molar-refractivity contribution in [3.8, 4) is 5.75 Å². The molecular formula is C16H15F2NO2S. The van der Waals surface area contributed by atoms with Gasteiger partial charge in [-0.25, -0.2) is 0 Å². The van der Waals surface area contributed by atoms with Gasteiger partial charge < -0.3 is 9.64 Å². The number of benzene rings is 1. The third-order valence-corrected chi connectivity index (χ3v) is 3.76. The molecule has 1 aromatic heterocycles. The molecule has 1 aromatic carbocycles. The first kappa shape index (κ1) is 16.2. The number of alkyl halides is 2. The van der Waals surface area contributed by atoms with Crippen LogP contribution in [0, 0.1) is 0 Å². The molecule has 0 atom stereocenters. The Labute approximate surface area is 131 Å². The first-order valence-electron chi connectivity index (χ1n) is 6.58. The number of ether oxygens (including phenoxy) is 1. The molecule has 6 heteroatoms. The van der Waals surface area contributed by atoms with Gasteiger partial charge in [0.1, 0.15) is 5.75 Å². The van der Waals surface area contributed by atoms with Crippen LogP contribution in [0.15, 0.2) is 54.4 Å². The van der Waals surface area contributed by atoms with Crippen LogP contribution < -0.4 is 4.74 Å². The molecule has 1 amide bonds. The number of carbonyl (C=O) groups excluding carboxylic acids is 1. The van der Waals surface area contributed by atoms with Crippen LogP contribution in [0.1, 0.15) is 15.2 Å². The number of nitrogens with zero attached hydrogens (tertiary/aromatic N) is 1. The molecule has 0 radical (unpaired) electrons. The van der Waals surface area contributed by atoms with E-state index in [2.05, 4.69) is 11.3 Å². The fourth-order valence-electron chi connectivity index (χ4n) is 1.98. The Hall–Kier alpha value is -2.21. The maximum atomic E-state index is 12.6. The Bertz CT molecular complexity index is 629. The summed E-state index contributed by atoms with van der Waals surface area (Å²) in [4.78, 5) is 15.2. The van der Waals surface area contributed by atoms with Gasteiger partial charge in [0.15, 0.2) is 0 Å². The van der Waals surface area contributed by atoms with Gasteiger partial charge in [-0.05, 0) is 23.6 Å². The molecule has 116 valence electrons. The van der Waals surface area contributed by atoms with E-state index in [1.54, 1.807) is 18.2 Å². The highest BCUT2D eigenvalue weighted by molar-refractivity contribution is 7.09. The maximum absolute atomic E-state index is 12.6. The van der Waals surface area contributed by atoms with Crippen LogP contribution >= 0.6 is 11.3 Å². The van der Waals surface area contributed by atoms with E-state index in [0.717, 1.165) is 4.88 Å². The lowest BCUT2D eigenvalue weighted by Crippen LogP contribution is -2.30. The number of para-hydroxylation sites is 1. The van der Waals surface area contributed by atoms with E-state index in [-0.39, 0.29) is 17.2 Å². The van der Waals surface area contributed by atoms with Gasteiger partial charge in [-0.2, -0.15) is 8.78 Å². The van der Waals surface area contributed by atoms with Gasteiger partial charge in [-0.3, -0.25) is 4.79 Å². The second kappa shape index (κ2) is 7.70. The van der Waals surface area contributed by atoms with Crippen LogP contribution in [-0.2, 0) is 6.54 Å². The van der Waals surface area contributed by atoms with Crippen LogP contribution in [0.5, 0.6) is 5.75 Å². The second-order valence-electron chi connectivity index (χ2n) is 4.43. The Kier molecular flexibility index (Phi) is 5.66. The van der Waals surface area contributed by atoms with Crippen LogP contribution in [0.4, 0.5) is 8.78 Å². The number of amides is 1. The van der Waals surface area contributed by atoms with E-state index in [9.17, 15) is 13.6 Å². The lowest BCUT2D eigenvalue weighted by atomic mass is 10.1. The third-order valence-electron chi connectivity index (χ3n) is 2.90. The zero-order valence-electron chi connectivity index (χ0n) is 11.7. The van der Waals surface area contributed by atoms with Gasteiger partial charge in [0.2, 0.25) is 0 Å². The quantitative estimate of drug-likeness (QED) is 0.716. The lowest BCUT2D eigenvalue weighted by Gasteiger charge is -2.21. The van der Waals surface area contributed by atoms with Crippen molar-refractivity contribution in [2.45, 2.75) is 13.2 Å². The summed E-state index contributed by atoms with van der Waals surface area (Å²) in [6.45, 7) is 1.38. The number of hydrogen-bond donors (Lipinski definition) is 0. The predicted molar refractivity (Wildman–Crippen MR) is 82.3 cm³/mol. The van der Waals surface area contributed by atoms with Crippen molar-refractivity contribution in [1.82, 2.24) is 4.90 Å². The summed E-state index contributed by atoms with van der Waals surface area (Å²) in [5.41, 5.74) is 0.112. The van der Waals surface area contributed by atoms with Crippen molar-refractivity contribution >= 4 is 17.2 Å². The molecule has 0 fully saturated rings. The molecule has 0 aliphatic carbocycles. The second-order valence-corrected chi connectivity index (χ2v) is 5.46. The van der Waals surface area contributed by atoms with Gasteiger partial charge >= 0.3 is 6.61 Å². The Morgan fingerprint density at radius 3 is 2.73 bits per heavy atom. The SMILES string of the molecule is C=CCN(Cc1cccs1)C(=O)c1ccccc1OC(F)F.